The van der Waals surface area contributed by atoms with Gasteiger partial charge in [-0.15, -0.1) is 0 Å². The Kier molecular flexibility index (Phi) is 21.6. The molecule has 12 heteroatoms. The summed E-state index contributed by atoms with van der Waals surface area (Å²) in [6, 6.07) is 8.14. The number of allylic oxidation sites excluding steroid dienone is 3. The molecule has 0 heterocycles. The maximum Gasteiger partial charge on any atom is 0.326 e. The van der Waals surface area contributed by atoms with Gasteiger partial charge in [-0.2, -0.15) is 0 Å². The predicted octanol–water partition coefficient (Wildman–Crippen LogP) is 4.97. The molecule has 238 valence electrons. The lowest BCUT2D eigenvalue weighted by Gasteiger charge is -2.22. The molecule has 0 aromatic heterocycles. The van der Waals surface area contributed by atoms with Gasteiger partial charge in [0.25, 0.3) is 5.69 Å². The van der Waals surface area contributed by atoms with E-state index in [1.165, 1.54) is 24.3 Å². The number of aliphatic carboxylic acids is 1. The molecule has 2 aromatic rings. The van der Waals surface area contributed by atoms with Crippen molar-refractivity contribution < 1.29 is 34.9 Å². The molecule has 2 rings (SSSR count). The summed E-state index contributed by atoms with van der Waals surface area (Å²) < 4.78 is 0. The molecule has 1 unspecified atom stereocenters. The SMILES string of the molecule is C/C=C(\C)CC(Nc1cc(N(C)CCCN(C)C)ccc1[N+](=O)[O-])C(=O)O.C=CC=C.C=O.OCc1c(O)cccc1O. The Morgan fingerprint density at radius 1 is 1.07 bits per heavy atom. The van der Waals surface area contributed by atoms with Crippen LogP contribution in [0.25, 0.3) is 0 Å². The van der Waals surface area contributed by atoms with E-state index in [1.54, 1.807) is 24.3 Å². The van der Waals surface area contributed by atoms with Crippen molar-refractivity contribution in [3.05, 3.63) is 89.0 Å². The average molecular weight is 603 g/mol. The average Bonchev–Trinajstić information content (AvgIpc) is 2.97. The molecule has 0 saturated heterocycles. The van der Waals surface area contributed by atoms with Crippen molar-refractivity contribution in [1.82, 2.24) is 4.90 Å². The minimum Gasteiger partial charge on any atom is -0.507 e. The van der Waals surface area contributed by atoms with Gasteiger partial charge in [-0.1, -0.05) is 43.0 Å². The Balaban J connectivity index is 0. The highest BCUT2D eigenvalue weighted by atomic mass is 16.6. The second-order valence-electron chi connectivity index (χ2n) is 9.32. The number of anilines is 2. The Bertz CT molecular complexity index is 1160. The van der Waals surface area contributed by atoms with Gasteiger partial charge in [-0.3, -0.25) is 10.1 Å². The summed E-state index contributed by atoms with van der Waals surface area (Å²) in [5.41, 5.74) is 1.95. The number of carbonyl (C=O) groups is 2. The van der Waals surface area contributed by atoms with Crippen LogP contribution in [0.2, 0.25) is 0 Å². The van der Waals surface area contributed by atoms with Crippen molar-refractivity contribution in [3.63, 3.8) is 0 Å². The van der Waals surface area contributed by atoms with Gasteiger partial charge in [0.05, 0.1) is 17.1 Å². The summed E-state index contributed by atoms with van der Waals surface area (Å²) in [5, 5.41) is 50.2. The van der Waals surface area contributed by atoms with Gasteiger partial charge in [-0.25, -0.2) is 4.79 Å². The maximum atomic E-state index is 11.6. The number of phenols is 2. The number of rotatable bonds is 13. The van der Waals surface area contributed by atoms with Crippen LogP contribution in [0.1, 0.15) is 32.3 Å². The topological polar surface area (TPSA) is 177 Å². The zero-order valence-corrected chi connectivity index (χ0v) is 25.7. The third-order valence-corrected chi connectivity index (χ3v) is 5.81. The van der Waals surface area contributed by atoms with Crippen molar-refractivity contribution in [2.75, 3.05) is 44.4 Å². The third-order valence-electron chi connectivity index (χ3n) is 5.81. The molecule has 0 amide bonds. The fourth-order valence-electron chi connectivity index (χ4n) is 3.34. The molecule has 0 saturated carbocycles. The van der Waals surface area contributed by atoms with Gasteiger partial charge >= 0.3 is 5.97 Å². The Hall–Kier alpha value is -4.68. The van der Waals surface area contributed by atoms with Crippen LogP contribution < -0.4 is 10.2 Å². The summed E-state index contributed by atoms with van der Waals surface area (Å²) in [5.74, 6) is -1.21. The molecule has 43 heavy (non-hydrogen) atoms. The number of aliphatic hydroxyl groups excluding tert-OH is 1. The summed E-state index contributed by atoms with van der Waals surface area (Å²) in [6.07, 6.45) is 6.33. The summed E-state index contributed by atoms with van der Waals surface area (Å²) in [6.45, 7) is 13.8. The molecule has 2 aromatic carbocycles. The molecule has 0 bridgehead atoms. The van der Waals surface area contributed by atoms with Gasteiger partial charge in [0.1, 0.15) is 30.0 Å². The molecule has 5 N–H and O–H groups in total. The van der Waals surface area contributed by atoms with E-state index in [1.807, 2.05) is 52.8 Å². The number of hydrogen-bond donors (Lipinski definition) is 5. The summed E-state index contributed by atoms with van der Waals surface area (Å²) >= 11 is 0. The first-order chi connectivity index (χ1) is 20.3. The zero-order chi connectivity index (χ0) is 33.5. The lowest BCUT2D eigenvalue weighted by atomic mass is 10.1. The van der Waals surface area contributed by atoms with E-state index in [0.717, 1.165) is 30.8 Å². The van der Waals surface area contributed by atoms with Crippen LogP contribution in [0.4, 0.5) is 17.1 Å². The second-order valence-corrected chi connectivity index (χ2v) is 9.32. The number of carbonyl (C=O) groups excluding carboxylic acids is 1. The monoisotopic (exact) mass is 602 g/mol. The zero-order valence-electron chi connectivity index (χ0n) is 25.7. The quantitative estimate of drug-likeness (QED) is 0.0905. The van der Waals surface area contributed by atoms with Crippen LogP contribution in [0.15, 0.2) is 73.4 Å². The molecule has 1 atom stereocenters. The number of benzene rings is 2. The lowest BCUT2D eigenvalue weighted by molar-refractivity contribution is -0.384. The van der Waals surface area contributed by atoms with Crippen LogP contribution in [0.5, 0.6) is 11.5 Å². The first-order valence-corrected chi connectivity index (χ1v) is 13.2. The van der Waals surface area contributed by atoms with Gasteiger partial charge < -0.3 is 40.3 Å². The van der Waals surface area contributed by atoms with Crippen molar-refractivity contribution in [2.24, 2.45) is 0 Å². The Morgan fingerprint density at radius 3 is 2.02 bits per heavy atom. The van der Waals surface area contributed by atoms with Crippen molar-refractivity contribution in [2.45, 2.75) is 39.3 Å². The first-order valence-electron chi connectivity index (χ1n) is 13.2. The molecule has 12 nitrogen and oxygen atoms in total. The number of carboxylic acid groups (broad SMARTS) is 1. The fraction of sp³-hybridized carbons (Fsp3) is 0.355. The van der Waals surface area contributed by atoms with E-state index in [2.05, 4.69) is 23.4 Å². The molecule has 0 radical (unpaired) electrons. The Morgan fingerprint density at radius 2 is 1.63 bits per heavy atom. The number of nitro groups is 1. The van der Waals surface area contributed by atoms with E-state index < -0.39 is 16.9 Å². The highest BCUT2D eigenvalue weighted by Gasteiger charge is 2.23. The smallest absolute Gasteiger partial charge is 0.326 e. The van der Waals surface area contributed by atoms with Gasteiger partial charge in [-0.05, 0) is 71.6 Å². The number of nitro benzene ring substituents is 1. The van der Waals surface area contributed by atoms with E-state index in [-0.39, 0.29) is 41.5 Å². The molecule has 0 aliphatic carbocycles. The number of hydrogen-bond acceptors (Lipinski definition) is 10. The normalized spacial score (nSPS) is 10.8. The van der Waals surface area contributed by atoms with Crippen LogP contribution in [0.3, 0.4) is 0 Å². The first kappa shape index (κ1) is 40.5. The standard InChI is InChI=1S/C19H30N4O4.C7H8O3.C4H6.CH2O/c1-6-14(2)12-17(19(24)25)20-16-13-15(8-9-18(16)23(26)27)22(5)11-7-10-21(3)4;8-4-5-6(9)2-1-3-7(5)10;1-3-4-2;1-2/h6,8-9,13,17,20H,7,10-12H2,1-5H3,(H,24,25);1-3,8-10H,4H2;3-4H,1-2H2;1H2/b14-6+;;;. The number of aliphatic hydroxyl groups is 1. The minimum absolute atomic E-state index is 0.0810. The van der Waals surface area contributed by atoms with Crippen LogP contribution in [-0.2, 0) is 16.2 Å². The molecule has 0 fully saturated rings. The maximum absolute atomic E-state index is 11.6. The number of nitrogens with zero attached hydrogens (tertiary/aromatic N) is 3. The van der Waals surface area contributed by atoms with E-state index >= 15 is 0 Å². The summed E-state index contributed by atoms with van der Waals surface area (Å²) in [7, 11) is 5.93. The van der Waals surface area contributed by atoms with Crippen molar-refractivity contribution in [3.8, 4) is 11.5 Å². The fourth-order valence-corrected chi connectivity index (χ4v) is 3.34. The number of nitrogens with one attached hydrogen (secondary N) is 1. The van der Waals surface area contributed by atoms with E-state index in [0.29, 0.717) is 0 Å². The molecular weight excluding hydrogens is 556 g/mol. The second kappa shape index (κ2) is 22.9. The number of carboxylic acids is 1. The van der Waals surface area contributed by atoms with Gasteiger partial charge in [0.2, 0.25) is 0 Å². The Labute approximate surface area is 254 Å². The van der Waals surface area contributed by atoms with Crippen molar-refractivity contribution >= 4 is 29.8 Å². The minimum atomic E-state index is -1.05. The van der Waals surface area contributed by atoms with Crippen LogP contribution >= 0.6 is 0 Å². The molecule has 0 aliphatic rings. The van der Waals surface area contributed by atoms with Crippen LogP contribution in [-0.4, -0.2) is 83.3 Å². The molecule has 0 spiro atoms. The molecular formula is C31H46N4O8. The van der Waals surface area contributed by atoms with Crippen LogP contribution in [0, 0.1) is 10.1 Å². The van der Waals surface area contributed by atoms with E-state index in [4.69, 9.17) is 20.1 Å². The van der Waals surface area contributed by atoms with E-state index in [9.17, 15) is 20.0 Å². The van der Waals surface area contributed by atoms with Gasteiger partial charge in [0, 0.05) is 25.3 Å². The third kappa shape index (κ3) is 16.4. The highest BCUT2D eigenvalue weighted by Crippen LogP contribution is 2.30. The van der Waals surface area contributed by atoms with Gasteiger partial charge in [0.15, 0.2) is 0 Å². The lowest BCUT2D eigenvalue weighted by Crippen LogP contribution is -2.30. The number of aromatic hydroxyl groups is 2. The van der Waals surface area contributed by atoms with Crippen molar-refractivity contribution in [1.29, 1.82) is 0 Å². The summed E-state index contributed by atoms with van der Waals surface area (Å²) in [4.78, 5) is 34.6. The highest BCUT2D eigenvalue weighted by molar-refractivity contribution is 5.80. The predicted molar refractivity (Wildman–Crippen MR) is 172 cm³/mol. The molecule has 0 aliphatic heterocycles. The largest absolute Gasteiger partial charge is 0.507 e.